The van der Waals surface area contributed by atoms with E-state index in [0.717, 1.165) is 43.4 Å². The second-order valence-electron chi connectivity index (χ2n) is 7.21. The minimum atomic E-state index is -4.40. The third-order valence-corrected chi connectivity index (χ3v) is 5.27. The zero-order valence-electron chi connectivity index (χ0n) is 15.5. The number of rotatable bonds is 4. The number of benzene rings is 1. The Hall–Kier alpha value is -2.31. The van der Waals surface area contributed by atoms with Crippen LogP contribution in [0, 0.1) is 12.8 Å². The second kappa shape index (κ2) is 7.74. The Morgan fingerprint density at radius 3 is 2.63 bits per heavy atom. The van der Waals surface area contributed by atoms with E-state index in [1.54, 1.807) is 19.2 Å². The van der Waals surface area contributed by atoms with Crippen molar-refractivity contribution in [3.05, 3.63) is 47.3 Å². The van der Waals surface area contributed by atoms with Crippen LogP contribution in [-0.2, 0) is 11.0 Å². The summed E-state index contributed by atoms with van der Waals surface area (Å²) in [6.07, 6.45) is 2.39. The Morgan fingerprint density at radius 2 is 1.96 bits per heavy atom. The van der Waals surface area contributed by atoms with Gasteiger partial charge in [0, 0.05) is 17.2 Å². The summed E-state index contributed by atoms with van der Waals surface area (Å²) in [5.41, 5.74) is 1.15. The smallest absolute Gasteiger partial charge is 0.349 e. The van der Waals surface area contributed by atoms with Crippen LogP contribution < -0.4 is 5.32 Å². The van der Waals surface area contributed by atoms with E-state index < -0.39 is 11.7 Å². The SMILES string of the molecule is Cc1c(C(C)NC(=O)C2CCCCC2)cnn1-c1cccc(C(F)(F)F)c1. The van der Waals surface area contributed by atoms with E-state index in [1.165, 1.54) is 17.2 Å². The Kier molecular flexibility index (Phi) is 5.58. The molecule has 1 saturated carbocycles. The fourth-order valence-electron chi connectivity index (χ4n) is 3.70. The Bertz CT molecular complexity index is 807. The largest absolute Gasteiger partial charge is 0.416 e. The number of nitrogens with zero attached hydrogens (tertiary/aromatic N) is 2. The molecule has 0 aliphatic heterocycles. The van der Waals surface area contributed by atoms with E-state index in [-0.39, 0.29) is 17.9 Å². The average molecular weight is 379 g/mol. The van der Waals surface area contributed by atoms with E-state index in [0.29, 0.717) is 11.4 Å². The summed E-state index contributed by atoms with van der Waals surface area (Å²) >= 11 is 0. The predicted molar refractivity (Wildman–Crippen MR) is 96.4 cm³/mol. The van der Waals surface area contributed by atoms with Crippen molar-refractivity contribution < 1.29 is 18.0 Å². The third-order valence-electron chi connectivity index (χ3n) is 5.27. The van der Waals surface area contributed by atoms with Crippen molar-refractivity contribution in [1.82, 2.24) is 15.1 Å². The van der Waals surface area contributed by atoms with Gasteiger partial charge in [-0.1, -0.05) is 25.3 Å². The molecule has 0 saturated heterocycles. The summed E-state index contributed by atoms with van der Waals surface area (Å²) in [7, 11) is 0. The second-order valence-corrected chi connectivity index (χ2v) is 7.21. The molecule has 2 aromatic rings. The number of nitrogens with one attached hydrogen (secondary N) is 1. The lowest BCUT2D eigenvalue weighted by atomic mass is 9.88. The van der Waals surface area contributed by atoms with Gasteiger partial charge in [0.05, 0.1) is 23.5 Å². The molecule has 27 heavy (non-hydrogen) atoms. The molecule has 146 valence electrons. The predicted octanol–water partition coefficient (Wildman–Crippen LogP) is 4.96. The molecule has 7 heteroatoms. The lowest BCUT2D eigenvalue weighted by Crippen LogP contribution is -2.34. The first kappa shape index (κ1) is 19.5. The first-order valence-corrected chi connectivity index (χ1v) is 9.30. The maximum absolute atomic E-state index is 13.0. The highest BCUT2D eigenvalue weighted by atomic mass is 19.4. The van der Waals surface area contributed by atoms with Crippen LogP contribution in [-0.4, -0.2) is 15.7 Å². The molecule has 1 aliphatic carbocycles. The van der Waals surface area contributed by atoms with Gasteiger partial charge in [-0.05, 0) is 44.9 Å². The standard InChI is InChI=1S/C20H24F3N3O/c1-13(25-19(27)15-7-4-3-5-8-15)18-12-24-26(14(18)2)17-10-6-9-16(11-17)20(21,22)23/h6,9-13,15H,3-5,7-8H2,1-2H3,(H,25,27). The van der Waals surface area contributed by atoms with Gasteiger partial charge in [-0.25, -0.2) is 4.68 Å². The van der Waals surface area contributed by atoms with Gasteiger partial charge in [-0.15, -0.1) is 0 Å². The van der Waals surface area contributed by atoms with E-state index in [1.807, 2.05) is 6.92 Å². The van der Waals surface area contributed by atoms with Crippen molar-refractivity contribution in [2.45, 2.75) is 58.2 Å². The fraction of sp³-hybridized carbons (Fsp3) is 0.500. The van der Waals surface area contributed by atoms with Crippen molar-refractivity contribution in [2.75, 3.05) is 0 Å². The van der Waals surface area contributed by atoms with Crippen molar-refractivity contribution >= 4 is 5.91 Å². The van der Waals surface area contributed by atoms with Crippen LogP contribution in [0.25, 0.3) is 5.69 Å². The molecule has 1 amide bonds. The zero-order valence-corrected chi connectivity index (χ0v) is 15.5. The molecular formula is C20H24F3N3O. The van der Waals surface area contributed by atoms with Crippen LogP contribution in [0.15, 0.2) is 30.5 Å². The molecule has 1 fully saturated rings. The van der Waals surface area contributed by atoms with Crippen LogP contribution >= 0.6 is 0 Å². The molecule has 3 rings (SSSR count). The first-order chi connectivity index (χ1) is 12.8. The third kappa shape index (κ3) is 4.34. The highest BCUT2D eigenvalue weighted by Crippen LogP contribution is 2.31. The molecule has 1 aliphatic rings. The van der Waals surface area contributed by atoms with Gasteiger partial charge in [0.1, 0.15) is 0 Å². The molecule has 1 atom stereocenters. The summed E-state index contributed by atoms with van der Waals surface area (Å²) in [4.78, 5) is 12.5. The Balaban J connectivity index is 1.77. The van der Waals surface area contributed by atoms with Crippen LogP contribution in [0.2, 0.25) is 0 Å². The minimum Gasteiger partial charge on any atom is -0.349 e. The molecule has 0 spiro atoms. The van der Waals surface area contributed by atoms with E-state index >= 15 is 0 Å². The number of hydrogen-bond acceptors (Lipinski definition) is 2. The van der Waals surface area contributed by atoms with E-state index in [4.69, 9.17) is 0 Å². The highest BCUT2D eigenvalue weighted by molar-refractivity contribution is 5.79. The molecule has 0 radical (unpaired) electrons. The van der Waals surface area contributed by atoms with Crippen molar-refractivity contribution in [3.63, 3.8) is 0 Å². The lowest BCUT2D eigenvalue weighted by molar-refractivity contribution is -0.137. The number of halogens is 3. The maximum atomic E-state index is 13.0. The number of alkyl halides is 3. The molecule has 1 N–H and O–H groups in total. The monoisotopic (exact) mass is 379 g/mol. The van der Waals surface area contributed by atoms with Gasteiger partial charge < -0.3 is 5.32 Å². The lowest BCUT2D eigenvalue weighted by Gasteiger charge is -2.23. The van der Waals surface area contributed by atoms with Gasteiger partial charge in [-0.2, -0.15) is 18.3 Å². The molecule has 4 nitrogen and oxygen atoms in total. The first-order valence-electron chi connectivity index (χ1n) is 9.30. The molecule has 0 bridgehead atoms. The molecule has 1 aromatic heterocycles. The Morgan fingerprint density at radius 1 is 1.26 bits per heavy atom. The number of amides is 1. The molecular weight excluding hydrogens is 355 g/mol. The highest BCUT2D eigenvalue weighted by Gasteiger charge is 2.31. The summed E-state index contributed by atoms with van der Waals surface area (Å²) in [5.74, 6) is 0.105. The normalized spacial score (nSPS) is 16.9. The van der Waals surface area contributed by atoms with Gasteiger partial charge in [0.2, 0.25) is 5.91 Å². The Labute approximate surface area is 156 Å². The van der Waals surface area contributed by atoms with Crippen LogP contribution in [0.4, 0.5) is 13.2 Å². The maximum Gasteiger partial charge on any atom is 0.416 e. The molecule has 1 unspecified atom stereocenters. The summed E-state index contributed by atoms with van der Waals surface area (Å²) in [5, 5.41) is 7.28. The zero-order chi connectivity index (χ0) is 19.6. The minimum absolute atomic E-state index is 0.0495. The number of aromatic nitrogens is 2. The van der Waals surface area contributed by atoms with Gasteiger partial charge in [0.15, 0.2) is 0 Å². The quantitative estimate of drug-likeness (QED) is 0.816. The average Bonchev–Trinajstić information content (AvgIpc) is 3.03. The van der Waals surface area contributed by atoms with Crippen molar-refractivity contribution in [2.24, 2.45) is 5.92 Å². The topological polar surface area (TPSA) is 46.9 Å². The fourth-order valence-corrected chi connectivity index (χ4v) is 3.70. The van der Waals surface area contributed by atoms with Crippen molar-refractivity contribution in [3.8, 4) is 5.69 Å². The molecule has 1 heterocycles. The number of hydrogen-bond donors (Lipinski definition) is 1. The summed E-state index contributed by atoms with van der Waals surface area (Å²) in [6, 6.07) is 4.82. The van der Waals surface area contributed by atoms with E-state index in [9.17, 15) is 18.0 Å². The summed E-state index contributed by atoms with van der Waals surface area (Å²) < 4.78 is 40.4. The summed E-state index contributed by atoms with van der Waals surface area (Å²) in [6.45, 7) is 3.67. The van der Waals surface area contributed by atoms with Crippen LogP contribution in [0.3, 0.4) is 0 Å². The van der Waals surface area contributed by atoms with Crippen molar-refractivity contribution in [1.29, 1.82) is 0 Å². The van der Waals surface area contributed by atoms with Crippen LogP contribution in [0.5, 0.6) is 0 Å². The van der Waals surface area contributed by atoms with E-state index in [2.05, 4.69) is 10.4 Å². The van der Waals surface area contributed by atoms with Crippen LogP contribution in [0.1, 0.15) is 61.9 Å². The van der Waals surface area contributed by atoms with Gasteiger partial charge in [-0.3, -0.25) is 4.79 Å². The number of carbonyl (C=O) groups is 1. The molecule has 1 aromatic carbocycles. The number of carbonyl (C=O) groups excluding carboxylic acids is 1. The van der Waals surface area contributed by atoms with Gasteiger partial charge >= 0.3 is 6.18 Å². The van der Waals surface area contributed by atoms with Gasteiger partial charge in [0.25, 0.3) is 0 Å².